The maximum absolute atomic E-state index is 12.5. The minimum Gasteiger partial charge on any atom is -0.491 e. The second-order valence-electron chi connectivity index (χ2n) is 5.38. The summed E-state index contributed by atoms with van der Waals surface area (Å²) in [5.41, 5.74) is 6.85. The first-order valence-corrected chi connectivity index (χ1v) is 7.10. The molecule has 2 atom stereocenters. The number of fused-ring (bicyclic) bond motifs is 1. The van der Waals surface area contributed by atoms with E-state index in [1.54, 1.807) is 11.0 Å². The second kappa shape index (κ2) is 5.81. The summed E-state index contributed by atoms with van der Waals surface area (Å²) in [6, 6.07) is 7.34. The predicted octanol–water partition coefficient (Wildman–Crippen LogP) is 0.885. The van der Waals surface area contributed by atoms with Gasteiger partial charge in [-0.3, -0.25) is 4.79 Å². The Kier molecular flexibility index (Phi) is 3.89. The Balaban J connectivity index is 1.72. The van der Waals surface area contributed by atoms with E-state index in [4.69, 9.17) is 15.2 Å². The fraction of sp³-hybridized carbons (Fsp3) is 0.533. The van der Waals surface area contributed by atoms with E-state index in [1.165, 1.54) is 0 Å². The van der Waals surface area contributed by atoms with Crippen LogP contribution in [0.2, 0.25) is 0 Å². The van der Waals surface area contributed by atoms with Crippen LogP contribution in [-0.2, 0) is 4.74 Å². The number of para-hydroxylation sites is 1. The highest BCUT2D eigenvalue weighted by atomic mass is 16.5. The van der Waals surface area contributed by atoms with Crippen LogP contribution in [0.4, 0.5) is 0 Å². The van der Waals surface area contributed by atoms with Gasteiger partial charge in [-0.25, -0.2) is 0 Å². The molecule has 1 amide bonds. The standard InChI is InChI=1S/C15H20N2O3/c16-13(11-5-7-19-10-11)9-17-6-8-20-14-4-2-1-3-12(14)15(17)18/h1-4,11,13H,5-10,16H2. The minimum atomic E-state index is -0.0355. The summed E-state index contributed by atoms with van der Waals surface area (Å²) in [5, 5.41) is 0. The number of carbonyl (C=O) groups is 1. The van der Waals surface area contributed by atoms with Gasteiger partial charge in [-0.05, 0) is 18.6 Å². The molecule has 0 spiro atoms. The van der Waals surface area contributed by atoms with E-state index in [0.29, 0.717) is 43.5 Å². The number of carbonyl (C=O) groups excluding carboxylic acids is 1. The van der Waals surface area contributed by atoms with Gasteiger partial charge in [0, 0.05) is 25.1 Å². The van der Waals surface area contributed by atoms with Gasteiger partial charge in [0.2, 0.25) is 0 Å². The molecule has 5 nitrogen and oxygen atoms in total. The molecule has 1 saturated heterocycles. The van der Waals surface area contributed by atoms with Crippen LogP contribution in [0.5, 0.6) is 5.75 Å². The van der Waals surface area contributed by atoms with Gasteiger partial charge >= 0.3 is 0 Å². The summed E-state index contributed by atoms with van der Waals surface area (Å²) in [7, 11) is 0. The van der Waals surface area contributed by atoms with Crippen molar-refractivity contribution < 1.29 is 14.3 Å². The van der Waals surface area contributed by atoms with Crippen molar-refractivity contribution in [1.29, 1.82) is 0 Å². The van der Waals surface area contributed by atoms with E-state index in [9.17, 15) is 4.79 Å². The molecule has 1 aromatic rings. The van der Waals surface area contributed by atoms with Gasteiger partial charge in [-0.15, -0.1) is 0 Å². The topological polar surface area (TPSA) is 64.8 Å². The molecule has 0 saturated carbocycles. The molecule has 3 rings (SSSR count). The van der Waals surface area contributed by atoms with Crippen LogP contribution in [-0.4, -0.2) is 49.8 Å². The molecule has 2 N–H and O–H groups in total. The summed E-state index contributed by atoms with van der Waals surface area (Å²) < 4.78 is 11.0. The van der Waals surface area contributed by atoms with Gasteiger partial charge in [-0.1, -0.05) is 12.1 Å². The Hall–Kier alpha value is -1.59. The molecule has 2 aliphatic heterocycles. The molecule has 0 aliphatic carbocycles. The van der Waals surface area contributed by atoms with Crippen molar-refractivity contribution in [3.05, 3.63) is 29.8 Å². The highest BCUT2D eigenvalue weighted by Gasteiger charge is 2.29. The van der Waals surface area contributed by atoms with Crippen LogP contribution in [0, 0.1) is 5.92 Å². The zero-order valence-electron chi connectivity index (χ0n) is 11.5. The number of amides is 1. The molecule has 0 radical (unpaired) electrons. The molecular weight excluding hydrogens is 256 g/mol. The van der Waals surface area contributed by atoms with Gasteiger partial charge in [-0.2, -0.15) is 0 Å². The van der Waals surface area contributed by atoms with Crippen molar-refractivity contribution in [3.8, 4) is 5.75 Å². The molecule has 1 fully saturated rings. The van der Waals surface area contributed by atoms with Crippen LogP contribution >= 0.6 is 0 Å². The van der Waals surface area contributed by atoms with Crippen LogP contribution in [0.1, 0.15) is 16.8 Å². The third-order valence-corrected chi connectivity index (χ3v) is 4.03. The maximum Gasteiger partial charge on any atom is 0.257 e. The number of benzene rings is 1. The zero-order chi connectivity index (χ0) is 13.9. The smallest absolute Gasteiger partial charge is 0.257 e. The molecule has 2 unspecified atom stereocenters. The molecule has 1 aromatic carbocycles. The quantitative estimate of drug-likeness (QED) is 0.890. The number of ether oxygens (including phenoxy) is 2. The fourth-order valence-corrected chi connectivity index (χ4v) is 2.78. The van der Waals surface area contributed by atoms with Gasteiger partial charge in [0.1, 0.15) is 12.4 Å². The number of nitrogens with zero attached hydrogens (tertiary/aromatic N) is 1. The molecule has 108 valence electrons. The fourth-order valence-electron chi connectivity index (χ4n) is 2.78. The summed E-state index contributed by atoms with van der Waals surface area (Å²) in [6.45, 7) is 3.13. The number of nitrogens with two attached hydrogens (primary N) is 1. The van der Waals surface area contributed by atoms with E-state index in [-0.39, 0.29) is 11.9 Å². The third-order valence-electron chi connectivity index (χ3n) is 4.03. The molecule has 2 aliphatic rings. The lowest BCUT2D eigenvalue weighted by molar-refractivity contribution is 0.0729. The van der Waals surface area contributed by atoms with Crippen molar-refractivity contribution in [3.63, 3.8) is 0 Å². The van der Waals surface area contributed by atoms with Crippen LogP contribution in [0.3, 0.4) is 0 Å². The first kappa shape index (κ1) is 13.4. The average molecular weight is 276 g/mol. The van der Waals surface area contributed by atoms with Crippen LogP contribution < -0.4 is 10.5 Å². The second-order valence-corrected chi connectivity index (χ2v) is 5.38. The molecular formula is C15H20N2O3. The van der Waals surface area contributed by atoms with Crippen molar-refractivity contribution in [2.45, 2.75) is 12.5 Å². The molecule has 0 bridgehead atoms. The molecule has 2 heterocycles. The predicted molar refractivity (Wildman–Crippen MR) is 74.7 cm³/mol. The van der Waals surface area contributed by atoms with E-state index < -0.39 is 0 Å². The zero-order valence-corrected chi connectivity index (χ0v) is 11.5. The highest BCUT2D eigenvalue weighted by Crippen LogP contribution is 2.23. The molecule has 5 heteroatoms. The van der Waals surface area contributed by atoms with E-state index in [2.05, 4.69) is 0 Å². The van der Waals surface area contributed by atoms with Gasteiger partial charge in [0.25, 0.3) is 5.91 Å². The number of rotatable bonds is 3. The Morgan fingerprint density at radius 1 is 1.35 bits per heavy atom. The Morgan fingerprint density at radius 3 is 3.00 bits per heavy atom. The van der Waals surface area contributed by atoms with E-state index >= 15 is 0 Å². The largest absolute Gasteiger partial charge is 0.491 e. The summed E-state index contributed by atoms with van der Waals surface area (Å²) in [5.74, 6) is 1.02. The first-order chi connectivity index (χ1) is 9.75. The highest BCUT2D eigenvalue weighted by molar-refractivity contribution is 5.97. The lowest BCUT2D eigenvalue weighted by Crippen LogP contribution is -2.45. The Morgan fingerprint density at radius 2 is 2.20 bits per heavy atom. The molecule has 0 aromatic heterocycles. The SMILES string of the molecule is NC(CN1CCOc2ccccc2C1=O)C1CCOC1. The third kappa shape index (κ3) is 2.64. The number of hydrogen-bond donors (Lipinski definition) is 1. The van der Waals surface area contributed by atoms with E-state index in [0.717, 1.165) is 13.0 Å². The van der Waals surface area contributed by atoms with Gasteiger partial charge in [0.05, 0.1) is 18.7 Å². The van der Waals surface area contributed by atoms with Crippen molar-refractivity contribution >= 4 is 5.91 Å². The van der Waals surface area contributed by atoms with Gasteiger partial charge < -0.3 is 20.1 Å². The Labute approximate surface area is 118 Å². The van der Waals surface area contributed by atoms with Crippen LogP contribution in [0.25, 0.3) is 0 Å². The van der Waals surface area contributed by atoms with Crippen LogP contribution in [0.15, 0.2) is 24.3 Å². The first-order valence-electron chi connectivity index (χ1n) is 7.10. The minimum absolute atomic E-state index is 0.00691. The lowest BCUT2D eigenvalue weighted by atomic mass is 9.99. The Bertz CT molecular complexity index is 486. The average Bonchev–Trinajstić information content (AvgIpc) is 2.95. The molecule has 20 heavy (non-hydrogen) atoms. The number of hydrogen-bond acceptors (Lipinski definition) is 4. The van der Waals surface area contributed by atoms with Crippen molar-refractivity contribution in [2.24, 2.45) is 11.7 Å². The van der Waals surface area contributed by atoms with E-state index in [1.807, 2.05) is 18.2 Å². The lowest BCUT2D eigenvalue weighted by Gasteiger charge is -2.26. The normalized spacial score (nSPS) is 23.9. The van der Waals surface area contributed by atoms with Gasteiger partial charge in [0.15, 0.2) is 0 Å². The summed E-state index contributed by atoms with van der Waals surface area (Å²) in [4.78, 5) is 14.3. The van der Waals surface area contributed by atoms with Crippen molar-refractivity contribution in [1.82, 2.24) is 4.90 Å². The summed E-state index contributed by atoms with van der Waals surface area (Å²) in [6.07, 6.45) is 0.982. The monoisotopic (exact) mass is 276 g/mol. The maximum atomic E-state index is 12.5. The summed E-state index contributed by atoms with van der Waals surface area (Å²) >= 11 is 0. The van der Waals surface area contributed by atoms with Crippen molar-refractivity contribution in [2.75, 3.05) is 32.9 Å².